The number of hydrogen-bond acceptors (Lipinski definition) is 4. The first-order valence-corrected chi connectivity index (χ1v) is 9.48. The Balaban J connectivity index is 0.00000280. The number of hydrogen-bond donors (Lipinski definition) is 2. The molecule has 28 heavy (non-hydrogen) atoms. The van der Waals surface area contributed by atoms with Crippen molar-refractivity contribution in [3.8, 4) is 5.75 Å². The van der Waals surface area contributed by atoms with Crippen LogP contribution >= 0.6 is 24.0 Å². The van der Waals surface area contributed by atoms with E-state index in [9.17, 15) is 0 Å². The summed E-state index contributed by atoms with van der Waals surface area (Å²) < 4.78 is 11.6. The molecule has 7 heteroatoms. The summed E-state index contributed by atoms with van der Waals surface area (Å²) in [5.74, 6) is 1.28. The number of pyridine rings is 1. The summed E-state index contributed by atoms with van der Waals surface area (Å²) >= 11 is 0. The zero-order valence-electron chi connectivity index (χ0n) is 16.3. The van der Waals surface area contributed by atoms with Crippen molar-refractivity contribution in [1.29, 1.82) is 0 Å². The third-order valence-electron chi connectivity index (χ3n) is 4.50. The van der Waals surface area contributed by atoms with Crippen molar-refractivity contribution in [3.63, 3.8) is 0 Å². The van der Waals surface area contributed by atoms with Crippen LogP contribution < -0.4 is 15.8 Å². The molecule has 2 aromatic rings. The summed E-state index contributed by atoms with van der Waals surface area (Å²) in [5.41, 5.74) is 9.21. The van der Waals surface area contributed by atoms with Crippen molar-refractivity contribution in [2.24, 2.45) is 10.7 Å². The first-order chi connectivity index (χ1) is 13.2. The second-order valence-corrected chi connectivity index (χ2v) is 6.76. The standard InChI is InChI=1S/C21H28N4O2.HI/c1-16-7-8-17(20(13-16)27-15-19-6-4-12-26-19)14-25-21(22)24-11-9-18-5-2-3-10-23-18;/h2-3,5,7-8,10,13,19H,4,6,9,11-12,14-15H2,1H3,(H3,22,24,25);1H. The fourth-order valence-electron chi connectivity index (χ4n) is 2.98. The summed E-state index contributed by atoms with van der Waals surface area (Å²) in [6.45, 7) is 4.64. The van der Waals surface area contributed by atoms with E-state index in [1.54, 1.807) is 6.20 Å². The topological polar surface area (TPSA) is 81.8 Å². The maximum Gasteiger partial charge on any atom is 0.188 e. The van der Waals surface area contributed by atoms with Gasteiger partial charge in [0, 0.05) is 37.0 Å². The van der Waals surface area contributed by atoms with Gasteiger partial charge in [0.1, 0.15) is 12.4 Å². The number of nitrogens with one attached hydrogen (secondary N) is 1. The van der Waals surface area contributed by atoms with Crippen molar-refractivity contribution in [3.05, 3.63) is 59.4 Å². The summed E-state index contributed by atoms with van der Waals surface area (Å²) in [5, 5.41) is 3.14. The molecule has 1 fully saturated rings. The molecule has 3 rings (SSSR count). The van der Waals surface area contributed by atoms with Crippen LogP contribution in [0.3, 0.4) is 0 Å². The highest BCUT2D eigenvalue weighted by molar-refractivity contribution is 14.0. The summed E-state index contributed by atoms with van der Waals surface area (Å²) in [6.07, 6.45) is 4.96. The lowest BCUT2D eigenvalue weighted by atomic mass is 10.1. The number of ether oxygens (including phenoxy) is 2. The Morgan fingerprint density at radius 2 is 2.25 bits per heavy atom. The second-order valence-electron chi connectivity index (χ2n) is 6.76. The van der Waals surface area contributed by atoms with E-state index in [1.807, 2.05) is 30.3 Å². The van der Waals surface area contributed by atoms with Crippen LogP contribution in [0.2, 0.25) is 0 Å². The van der Waals surface area contributed by atoms with Crippen LogP contribution in [0.4, 0.5) is 0 Å². The maximum atomic E-state index is 6.01. The van der Waals surface area contributed by atoms with E-state index in [4.69, 9.17) is 15.2 Å². The SMILES string of the molecule is Cc1ccc(CN=C(N)NCCc2ccccn2)c(OCC2CCCO2)c1.I. The maximum absolute atomic E-state index is 6.01. The van der Waals surface area contributed by atoms with Gasteiger partial charge >= 0.3 is 0 Å². The molecule has 2 heterocycles. The molecule has 1 aromatic heterocycles. The molecule has 0 spiro atoms. The molecule has 1 atom stereocenters. The van der Waals surface area contributed by atoms with Crippen molar-refractivity contribution in [2.75, 3.05) is 19.8 Å². The van der Waals surface area contributed by atoms with Gasteiger partial charge in [0.15, 0.2) is 5.96 Å². The van der Waals surface area contributed by atoms with Crippen molar-refractivity contribution in [1.82, 2.24) is 10.3 Å². The molecule has 0 amide bonds. The Morgan fingerprint density at radius 1 is 1.36 bits per heavy atom. The van der Waals surface area contributed by atoms with Gasteiger partial charge in [-0.05, 0) is 43.5 Å². The van der Waals surface area contributed by atoms with E-state index in [2.05, 4.69) is 28.3 Å². The zero-order valence-corrected chi connectivity index (χ0v) is 18.6. The molecule has 0 saturated carbocycles. The van der Waals surface area contributed by atoms with Crippen LogP contribution in [0.25, 0.3) is 0 Å². The summed E-state index contributed by atoms with van der Waals surface area (Å²) in [7, 11) is 0. The molecule has 152 valence electrons. The quantitative estimate of drug-likeness (QED) is 0.333. The first kappa shape index (κ1) is 22.4. The Hall–Kier alpha value is -1.87. The van der Waals surface area contributed by atoms with Crippen LogP contribution in [-0.2, 0) is 17.7 Å². The molecule has 1 aromatic carbocycles. The van der Waals surface area contributed by atoms with Crippen molar-refractivity contribution in [2.45, 2.75) is 38.8 Å². The van der Waals surface area contributed by atoms with Crippen LogP contribution in [0.1, 0.15) is 29.7 Å². The van der Waals surface area contributed by atoms with Crippen molar-refractivity contribution >= 4 is 29.9 Å². The van der Waals surface area contributed by atoms with E-state index in [0.29, 0.717) is 25.7 Å². The molecule has 1 aliphatic heterocycles. The van der Waals surface area contributed by atoms with Gasteiger partial charge in [0.2, 0.25) is 0 Å². The molecule has 1 saturated heterocycles. The molecule has 0 bridgehead atoms. The highest BCUT2D eigenvalue weighted by atomic mass is 127. The van der Waals surface area contributed by atoms with Crippen LogP contribution in [0, 0.1) is 6.92 Å². The largest absolute Gasteiger partial charge is 0.491 e. The number of benzene rings is 1. The lowest BCUT2D eigenvalue weighted by Crippen LogP contribution is -2.33. The van der Waals surface area contributed by atoms with Crippen LogP contribution in [-0.4, -0.2) is 36.8 Å². The molecular weight excluding hydrogens is 467 g/mol. The molecule has 6 nitrogen and oxygen atoms in total. The van der Waals surface area contributed by atoms with Gasteiger partial charge in [0.25, 0.3) is 0 Å². The number of aromatic nitrogens is 1. The van der Waals surface area contributed by atoms with Crippen LogP contribution in [0.15, 0.2) is 47.6 Å². The van der Waals surface area contributed by atoms with E-state index < -0.39 is 0 Å². The normalized spacial score (nSPS) is 16.5. The third-order valence-corrected chi connectivity index (χ3v) is 4.50. The fraction of sp³-hybridized carbons (Fsp3) is 0.429. The number of nitrogens with two attached hydrogens (primary N) is 1. The van der Waals surface area contributed by atoms with E-state index in [-0.39, 0.29) is 30.1 Å². The molecular formula is C21H29IN4O2. The van der Waals surface area contributed by atoms with Gasteiger partial charge in [-0.15, -0.1) is 24.0 Å². The first-order valence-electron chi connectivity index (χ1n) is 9.48. The number of nitrogens with zero attached hydrogens (tertiary/aromatic N) is 2. The molecule has 1 aliphatic rings. The average molecular weight is 496 g/mol. The van der Waals surface area contributed by atoms with Gasteiger partial charge in [-0.25, -0.2) is 4.99 Å². The second kappa shape index (κ2) is 11.9. The Morgan fingerprint density at radius 3 is 3.00 bits per heavy atom. The third kappa shape index (κ3) is 7.27. The summed E-state index contributed by atoms with van der Waals surface area (Å²) in [4.78, 5) is 8.74. The van der Waals surface area contributed by atoms with Crippen LogP contribution in [0.5, 0.6) is 5.75 Å². The predicted molar refractivity (Wildman–Crippen MR) is 122 cm³/mol. The number of aliphatic imine (C=N–C) groups is 1. The number of aryl methyl sites for hydroxylation is 1. The molecule has 0 aliphatic carbocycles. The minimum Gasteiger partial charge on any atom is -0.491 e. The number of halogens is 1. The minimum atomic E-state index is 0. The lowest BCUT2D eigenvalue weighted by molar-refractivity contribution is 0.0676. The van der Waals surface area contributed by atoms with E-state index in [1.165, 1.54) is 0 Å². The predicted octanol–water partition coefficient (Wildman–Crippen LogP) is 3.21. The van der Waals surface area contributed by atoms with Gasteiger partial charge in [-0.3, -0.25) is 4.98 Å². The average Bonchev–Trinajstić information content (AvgIpc) is 3.20. The molecule has 3 N–H and O–H groups in total. The molecule has 0 radical (unpaired) electrons. The van der Waals surface area contributed by atoms with Gasteiger partial charge in [-0.2, -0.15) is 0 Å². The minimum absolute atomic E-state index is 0. The van der Waals surface area contributed by atoms with E-state index in [0.717, 1.165) is 48.4 Å². The number of rotatable bonds is 8. The van der Waals surface area contributed by atoms with Gasteiger partial charge < -0.3 is 20.5 Å². The summed E-state index contributed by atoms with van der Waals surface area (Å²) in [6, 6.07) is 12.0. The smallest absolute Gasteiger partial charge is 0.188 e. The van der Waals surface area contributed by atoms with Gasteiger partial charge in [0.05, 0.1) is 12.6 Å². The fourth-order valence-corrected chi connectivity index (χ4v) is 2.98. The highest BCUT2D eigenvalue weighted by Gasteiger charge is 2.16. The highest BCUT2D eigenvalue weighted by Crippen LogP contribution is 2.23. The Labute approximate surface area is 184 Å². The molecule has 1 unspecified atom stereocenters. The lowest BCUT2D eigenvalue weighted by Gasteiger charge is -2.15. The monoisotopic (exact) mass is 496 g/mol. The zero-order chi connectivity index (χ0) is 18.9. The Kier molecular flexibility index (Phi) is 9.49. The van der Waals surface area contributed by atoms with E-state index >= 15 is 0 Å². The Bertz CT molecular complexity index is 749. The van der Waals surface area contributed by atoms with Crippen molar-refractivity contribution < 1.29 is 9.47 Å². The number of guanidine groups is 1. The van der Waals surface area contributed by atoms with Gasteiger partial charge in [-0.1, -0.05) is 18.2 Å².